The lowest BCUT2D eigenvalue weighted by atomic mass is 10.0. The predicted octanol–water partition coefficient (Wildman–Crippen LogP) is 1.58. The molecule has 0 fully saturated rings. The van der Waals surface area contributed by atoms with Gasteiger partial charge in [0.1, 0.15) is 30.2 Å². The van der Waals surface area contributed by atoms with E-state index in [-0.39, 0.29) is 25.5 Å². The maximum absolute atomic E-state index is 13.4. The van der Waals surface area contributed by atoms with Gasteiger partial charge in [-0.3, -0.25) is 24.0 Å². The van der Waals surface area contributed by atoms with E-state index < -0.39 is 71.8 Å². The standard InChI is InChI=1S/C40H61N7O8/c1-7-8-11-28-13-15-29(16-14-28)30-17-19-31(20-18-30)36(50)46-33(21-23-42)38(52)47-34(27(6)48)39(53)43-25(4)35(49)45-32(12-9-10-22-41)37(51)44-26(5)40(54)55-24(2)3/h13-20,24-27,32-34,48H,7-12,21-23,41-42H2,1-6H3,(H,43,53)(H,44,51)(H,45,49)(H,46,50)(H,47,52)/t25-,26-,27+,32-,33-,34-/m0/s1. The molecule has 15 heteroatoms. The van der Waals surface area contributed by atoms with Crippen molar-refractivity contribution in [1.29, 1.82) is 0 Å². The van der Waals surface area contributed by atoms with E-state index >= 15 is 0 Å². The fraction of sp³-hybridized carbons (Fsp3) is 0.550. The third-order valence-electron chi connectivity index (χ3n) is 8.79. The van der Waals surface area contributed by atoms with Crippen molar-refractivity contribution >= 4 is 35.5 Å². The Morgan fingerprint density at radius 1 is 0.636 bits per heavy atom. The van der Waals surface area contributed by atoms with Crippen LogP contribution in [0.25, 0.3) is 11.1 Å². The number of nitrogens with one attached hydrogen (secondary N) is 5. The highest BCUT2D eigenvalue weighted by Gasteiger charge is 2.32. The number of esters is 1. The molecule has 55 heavy (non-hydrogen) atoms. The minimum Gasteiger partial charge on any atom is -0.461 e. The molecule has 304 valence electrons. The molecule has 5 amide bonds. The first-order chi connectivity index (χ1) is 26.1. The van der Waals surface area contributed by atoms with Crippen LogP contribution in [0.3, 0.4) is 0 Å². The van der Waals surface area contributed by atoms with E-state index in [4.69, 9.17) is 16.2 Å². The van der Waals surface area contributed by atoms with Crippen LogP contribution in [0.2, 0.25) is 0 Å². The molecule has 6 atom stereocenters. The zero-order valence-electron chi connectivity index (χ0n) is 33.0. The molecule has 0 saturated heterocycles. The molecule has 0 unspecified atom stereocenters. The van der Waals surface area contributed by atoms with Crippen molar-refractivity contribution < 1.29 is 38.6 Å². The van der Waals surface area contributed by atoms with Crippen LogP contribution in [0.1, 0.15) is 96.0 Å². The van der Waals surface area contributed by atoms with Crippen molar-refractivity contribution in [2.75, 3.05) is 13.1 Å². The number of rotatable bonds is 23. The van der Waals surface area contributed by atoms with E-state index in [9.17, 15) is 33.9 Å². The number of aliphatic hydroxyl groups excluding tert-OH is 1. The Bertz CT molecular complexity index is 1550. The lowest BCUT2D eigenvalue weighted by Crippen LogP contribution is -2.60. The van der Waals surface area contributed by atoms with Gasteiger partial charge in [-0.15, -0.1) is 0 Å². The number of hydrogen-bond acceptors (Lipinski definition) is 10. The summed E-state index contributed by atoms with van der Waals surface area (Å²) < 4.78 is 5.14. The Balaban J connectivity index is 2.07. The lowest BCUT2D eigenvalue weighted by Gasteiger charge is -2.26. The molecule has 2 aromatic rings. The van der Waals surface area contributed by atoms with Crippen LogP contribution < -0.4 is 38.1 Å². The molecule has 0 heterocycles. The molecule has 0 aromatic heterocycles. The van der Waals surface area contributed by atoms with E-state index in [1.165, 1.54) is 26.3 Å². The lowest BCUT2D eigenvalue weighted by molar-refractivity contribution is -0.151. The molecular weight excluding hydrogens is 706 g/mol. The van der Waals surface area contributed by atoms with E-state index in [2.05, 4.69) is 45.6 Å². The van der Waals surface area contributed by atoms with E-state index in [0.29, 0.717) is 24.9 Å². The van der Waals surface area contributed by atoms with Gasteiger partial charge in [-0.05, 0) is 115 Å². The summed E-state index contributed by atoms with van der Waals surface area (Å²) in [6.07, 6.45) is 2.80. The summed E-state index contributed by atoms with van der Waals surface area (Å²) in [5.74, 6) is -4.16. The van der Waals surface area contributed by atoms with Crippen molar-refractivity contribution in [2.45, 2.75) is 129 Å². The molecule has 0 saturated carbocycles. The number of aryl methyl sites for hydroxylation is 1. The van der Waals surface area contributed by atoms with Gasteiger partial charge < -0.3 is 47.9 Å². The summed E-state index contributed by atoms with van der Waals surface area (Å²) in [7, 11) is 0. The van der Waals surface area contributed by atoms with Gasteiger partial charge in [-0.2, -0.15) is 0 Å². The maximum Gasteiger partial charge on any atom is 0.328 e. The van der Waals surface area contributed by atoms with Crippen LogP contribution in [-0.2, 0) is 35.1 Å². The summed E-state index contributed by atoms with van der Waals surface area (Å²) in [4.78, 5) is 78.3. The molecule has 2 aromatic carbocycles. The van der Waals surface area contributed by atoms with Crippen LogP contribution in [0.5, 0.6) is 0 Å². The van der Waals surface area contributed by atoms with Crippen LogP contribution in [0.15, 0.2) is 48.5 Å². The predicted molar refractivity (Wildman–Crippen MR) is 210 cm³/mol. The largest absolute Gasteiger partial charge is 0.461 e. The van der Waals surface area contributed by atoms with Crippen molar-refractivity contribution in [2.24, 2.45) is 11.5 Å². The van der Waals surface area contributed by atoms with Gasteiger partial charge in [0.15, 0.2) is 0 Å². The second-order valence-corrected chi connectivity index (χ2v) is 14.0. The summed E-state index contributed by atoms with van der Waals surface area (Å²) >= 11 is 0. The van der Waals surface area contributed by atoms with Crippen molar-refractivity contribution in [3.63, 3.8) is 0 Å². The van der Waals surface area contributed by atoms with E-state index in [1.54, 1.807) is 26.0 Å². The highest BCUT2D eigenvalue weighted by molar-refractivity contribution is 5.99. The van der Waals surface area contributed by atoms with Crippen molar-refractivity contribution in [3.8, 4) is 11.1 Å². The number of amides is 5. The Hall–Kier alpha value is -4.86. The fourth-order valence-corrected chi connectivity index (χ4v) is 5.53. The Morgan fingerprint density at radius 2 is 1.20 bits per heavy atom. The average molecular weight is 768 g/mol. The van der Waals surface area contributed by atoms with Gasteiger partial charge in [0.05, 0.1) is 12.2 Å². The number of hydrogen-bond donors (Lipinski definition) is 8. The third kappa shape index (κ3) is 15.8. The number of aliphatic hydroxyl groups is 1. The first kappa shape index (κ1) is 46.3. The SMILES string of the molecule is CCCCc1ccc(-c2ccc(C(=O)N[C@@H](CCN)C(=O)N[C@H](C(=O)N[C@@H](C)C(=O)N[C@@H](CCCCN)C(=O)N[C@@H](C)C(=O)OC(C)C)[C@@H](C)O)cc2)cc1. The Kier molecular flexibility index (Phi) is 20.1. The molecule has 0 aliphatic heterocycles. The number of benzene rings is 2. The number of carbonyl (C=O) groups excluding carboxylic acids is 6. The maximum atomic E-state index is 13.4. The molecule has 0 spiro atoms. The molecule has 0 radical (unpaired) electrons. The van der Waals surface area contributed by atoms with Gasteiger partial charge in [-0.25, -0.2) is 4.79 Å². The van der Waals surface area contributed by atoms with Gasteiger partial charge in [0, 0.05) is 5.56 Å². The molecule has 2 rings (SSSR count). The monoisotopic (exact) mass is 767 g/mol. The third-order valence-corrected chi connectivity index (χ3v) is 8.79. The quantitative estimate of drug-likeness (QED) is 0.0600. The highest BCUT2D eigenvalue weighted by Crippen LogP contribution is 2.21. The second-order valence-electron chi connectivity index (χ2n) is 14.0. The highest BCUT2D eigenvalue weighted by atomic mass is 16.5. The van der Waals surface area contributed by atoms with Crippen LogP contribution in [0, 0.1) is 0 Å². The van der Waals surface area contributed by atoms with Gasteiger partial charge in [0.25, 0.3) is 5.91 Å². The van der Waals surface area contributed by atoms with E-state index in [1.807, 2.05) is 24.3 Å². The number of ether oxygens (including phenoxy) is 1. The summed E-state index contributed by atoms with van der Waals surface area (Å²) in [6.45, 7) is 10.0. The Morgan fingerprint density at radius 3 is 1.75 bits per heavy atom. The summed E-state index contributed by atoms with van der Waals surface area (Å²) in [5, 5.41) is 23.2. The summed E-state index contributed by atoms with van der Waals surface area (Å²) in [5.41, 5.74) is 14.8. The first-order valence-corrected chi connectivity index (χ1v) is 19.1. The zero-order valence-corrected chi connectivity index (χ0v) is 33.0. The molecule has 0 aliphatic rings. The number of unbranched alkanes of at least 4 members (excludes halogenated alkanes) is 2. The van der Waals surface area contributed by atoms with Crippen molar-refractivity contribution in [3.05, 3.63) is 59.7 Å². The van der Waals surface area contributed by atoms with Crippen LogP contribution >= 0.6 is 0 Å². The topological polar surface area (TPSA) is 244 Å². The number of nitrogens with two attached hydrogens (primary N) is 2. The normalized spacial score (nSPS) is 14.4. The molecular formula is C40H61N7O8. The molecule has 0 aliphatic carbocycles. The van der Waals surface area contributed by atoms with Gasteiger partial charge in [-0.1, -0.05) is 49.7 Å². The summed E-state index contributed by atoms with van der Waals surface area (Å²) in [6, 6.07) is 9.32. The fourth-order valence-electron chi connectivity index (χ4n) is 5.53. The van der Waals surface area contributed by atoms with Crippen LogP contribution in [0.4, 0.5) is 0 Å². The minimum atomic E-state index is -1.51. The smallest absolute Gasteiger partial charge is 0.328 e. The van der Waals surface area contributed by atoms with E-state index in [0.717, 1.165) is 30.4 Å². The van der Waals surface area contributed by atoms with Gasteiger partial charge in [0.2, 0.25) is 23.6 Å². The average Bonchev–Trinajstić information content (AvgIpc) is 3.15. The molecule has 0 bridgehead atoms. The zero-order chi connectivity index (χ0) is 41.1. The first-order valence-electron chi connectivity index (χ1n) is 19.1. The van der Waals surface area contributed by atoms with Crippen molar-refractivity contribution in [1.82, 2.24) is 26.6 Å². The van der Waals surface area contributed by atoms with Crippen LogP contribution in [-0.4, -0.2) is 96.1 Å². The number of carbonyl (C=O) groups is 6. The second kappa shape index (κ2) is 23.8. The Labute approximate surface area is 324 Å². The minimum absolute atomic E-state index is 0.0337. The molecule has 15 nitrogen and oxygen atoms in total. The molecule has 10 N–H and O–H groups in total. The van der Waals surface area contributed by atoms with Gasteiger partial charge >= 0.3 is 5.97 Å².